The molecule has 4 rings (SSSR count). The van der Waals surface area contributed by atoms with Gasteiger partial charge in [-0.3, -0.25) is 9.59 Å². The van der Waals surface area contributed by atoms with Crippen LogP contribution in [0, 0.1) is 13.8 Å². The first-order valence-corrected chi connectivity index (χ1v) is 10.2. The van der Waals surface area contributed by atoms with Gasteiger partial charge in [0, 0.05) is 5.69 Å². The number of nitrogens with one attached hydrogen (secondary N) is 1. The summed E-state index contributed by atoms with van der Waals surface area (Å²) in [7, 11) is 3.08. The van der Waals surface area contributed by atoms with Crippen molar-refractivity contribution in [2.45, 2.75) is 13.8 Å². The van der Waals surface area contributed by atoms with Crippen molar-refractivity contribution in [3.8, 4) is 11.5 Å². The van der Waals surface area contributed by atoms with E-state index in [4.69, 9.17) is 9.47 Å². The summed E-state index contributed by atoms with van der Waals surface area (Å²) < 4.78 is 10.7. The van der Waals surface area contributed by atoms with Crippen molar-refractivity contribution in [2.75, 3.05) is 24.4 Å². The molecule has 32 heavy (non-hydrogen) atoms. The molecule has 0 aromatic heterocycles. The largest absolute Gasteiger partial charge is 0.493 e. The first-order valence-electron chi connectivity index (χ1n) is 10.2. The Morgan fingerprint density at radius 1 is 0.750 bits per heavy atom. The minimum absolute atomic E-state index is 0.217. The van der Waals surface area contributed by atoms with Crippen molar-refractivity contribution in [1.29, 1.82) is 0 Å². The van der Waals surface area contributed by atoms with Crippen LogP contribution in [0.5, 0.6) is 11.5 Å². The summed E-state index contributed by atoms with van der Waals surface area (Å²) in [5.41, 5.74) is 4.52. The van der Waals surface area contributed by atoms with Gasteiger partial charge >= 0.3 is 0 Å². The third-order valence-electron chi connectivity index (χ3n) is 5.55. The van der Waals surface area contributed by atoms with E-state index in [1.54, 1.807) is 49.6 Å². The number of carbonyl (C=O) groups excluding carboxylic acids is 2. The van der Waals surface area contributed by atoms with Crippen LogP contribution in [0.25, 0.3) is 5.57 Å². The highest BCUT2D eigenvalue weighted by molar-refractivity contribution is 6.46. The van der Waals surface area contributed by atoms with Gasteiger partial charge in [0.25, 0.3) is 11.8 Å². The summed E-state index contributed by atoms with van der Waals surface area (Å²) in [5, 5.41) is 3.20. The summed E-state index contributed by atoms with van der Waals surface area (Å²) in [5.74, 6) is 0.197. The number of carbonyl (C=O) groups is 2. The van der Waals surface area contributed by atoms with Gasteiger partial charge in [0.05, 0.1) is 25.5 Å². The van der Waals surface area contributed by atoms with Crippen molar-refractivity contribution in [3.05, 3.63) is 89.1 Å². The van der Waals surface area contributed by atoms with Gasteiger partial charge < -0.3 is 14.8 Å². The average Bonchev–Trinajstić information content (AvgIpc) is 3.05. The van der Waals surface area contributed by atoms with Gasteiger partial charge in [-0.15, -0.1) is 0 Å². The minimum Gasteiger partial charge on any atom is -0.493 e. The van der Waals surface area contributed by atoms with Gasteiger partial charge in [0.2, 0.25) is 0 Å². The molecule has 0 bridgehead atoms. The predicted molar refractivity (Wildman–Crippen MR) is 125 cm³/mol. The number of para-hydroxylation sites is 1. The summed E-state index contributed by atoms with van der Waals surface area (Å²) in [6.07, 6.45) is 0. The highest BCUT2D eigenvalue weighted by Crippen LogP contribution is 2.37. The monoisotopic (exact) mass is 428 g/mol. The summed E-state index contributed by atoms with van der Waals surface area (Å²) >= 11 is 0. The van der Waals surface area contributed by atoms with Crippen molar-refractivity contribution >= 4 is 28.8 Å². The Balaban J connectivity index is 1.85. The first-order chi connectivity index (χ1) is 15.4. The topological polar surface area (TPSA) is 67.9 Å². The molecule has 3 aromatic rings. The van der Waals surface area contributed by atoms with Crippen molar-refractivity contribution in [2.24, 2.45) is 0 Å². The molecule has 1 heterocycles. The number of hydrogen-bond donors (Lipinski definition) is 1. The Hall–Kier alpha value is -4.06. The molecule has 0 fully saturated rings. The molecule has 2 amide bonds. The second kappa shape index (κ2) is 8.59. The van der Waals surface area contributed by atoms with Crippen molar-refractivity contribution in [1.82, 2.24) is 0 Å². The number of aryl methyl sites for hydroxylation is 2. The van der Waals surface area contributed by atoms with Crippen molar-refractivity contribution < 1.29 is 19.1 Å². The Labute approximate surface area is 187 Å². The Morgan fingerprint density at radius 2 is 1.47 bits per heavy atom. The maximum atomic E-state index is 13.5. The second-order valence-electron chi connectivity index (χ2n) is 7.53. The van der Waals surface area contributed by atoms with E-state index < -0.39 is 11.8 Å². The zero-order valence-electron chi connectivity index (χ0n) is 18.4. The molecule has 0 aliphatic carbocycles. The van der Waals surface area contributed by atoms with E-state index in [1.165, 1.54) is 12.0 Å². The van der Waals surface area contributed by atoms with E-state index in [2.05, 4.69) is 5.32 Å². The van der Waals surface area contributed by atoms with E-state index in [1.807, 2.05) is 38.1 Å². The lowest BCUT2D eigenvalue weighted by Gasteiger charge is -2.15. The highest BCUT2D eigenvalue weighted by Gasteiger charge is 2.40. The molecular weight excluding hydrogens is 404 g/mol. The molecular formula is C26H24N2O4. The zero-order chi connectivity index (χ0) is 22.8. The van der Waals surface area contributed by atoms with Crippen LogP contribution in [-0.2, 0) is 9.59 Å². The number of methoxy groups -OCH3 is 2. The first kappa shape index (κ1) is 21.2. The fourth-order valence-corrected chi connectivity index (χ4v) is 3.68. The van der Waals surface area contributed by atoms with E-state index in [0.717, 1.165) is 16.8 Å². The van der Waals surface area contributed by atoms with Crippen molar-refractivity contribution in [3.63, 3.8) is 0 Å². The fourth-order valence-electron chi connectivity index (χ4n) is 3.68. The maximum Gasteiger partial charge on any atom is 0.282 e. The Bertz CT molecular complexity index is 1230. The molecule has 0 atom stereocenters. The lowest BCUT2D eigenvalue weighted by Crippen LogP contribution is -2.32. The number of rotatable bonds is 6. The molecule has 0 saturated heterocycles. The number of benzene rings is 3. The van der Waals surface area contributed by atoms with E-state index in [9.17, 15) is 9.59 Å². The van der Waals surface area contributed by atoms with Crippen LogP contribution < -0.4 is 19.7 Å². The average molecular weight is 428 g/mol. The second-order valence-corrected chi connectivity index (χ2v) is 7.53. The van der Waals surface area contributed by atoms with E-state index >= 15 is 0 Å². The van der Waals surface area contributed by atoms with Gasteiger partial charge in [0.1, 0.15) is 5.70 Å². The standard InChI is InChI=1S/C26H24N2O4/c1-16-10-12-19(14-17(16)2)27-24-23(18-11-13-21(31-3)22(15-18)32-4)25(29)28(26(24)30)20-8-6-5-7-9-20/h5-15,27H,1-4H3. The minimum atomic E-state index is -0.413. The van der Waals surface area contributed by atoms with Gasteiger partial charge in [-0.25, -0.2) is 4.90 Å². The lowest BCUT2D eigenvalue weighted by atomic mass is 10.0. The Kier molecular flexibility index (Phi) is 5.69. The number of ether oxygens (including phenoxy) is 2. The maximum absolute atomic E-state index is 13.5. The highest BCUT2D eigenvalue weighted by atomic mass is 16.5. The fraction of sp³-hybridized carbons (Fsp3) is 0.154. The molecule has 1 aliphatic rings. The number of imide groups is 1. The molecule has 0 unspecified atom stereocenters. The molecule has 0 saturated carbocycles. The molecule has 6 heteroatoms. The van der Waals surface area contributed by atoms with Crippen LogP contribution in [0.2, 0.25) is 0 Å². The van der Waals surface area contributed by atoms with Crippen LogP contribution >= 0.6 is 0 Å². The molecule has 6 nitrogen and oxygen atoms in total. The number of amides is 2. The summed E-state index contributed by atoms with van der Waals surface area (Å²) in [4.78, 5) is 28.2. The quantitative estimate of drug-likeness (QED) is 0.576. The van der Waals surface area contributed by atoms with Crippen LogP contribution in [0.3, 0.4) is 0 Å². The van der Waals surface area contributed by atoms with Crippen LogP contribution in [-0.4, -0.2) is 26.0 Å². The molecule has 1 aliphatic heterocycles. The Morgan fingerprint density at radius 3 is 2.12 bits per heavy atom. The number of anilines is 2. The van der Waals surface area contributed by atoms with Crippen LogP contribution in [0.1, 0.15) is 16.7 Å². The molecule has 0 radical (unpaired) electrons. The molecule has 0 spiro atoms. The lowest BCUT2D eigenvalue weighted by molar-refractivity contribution is -0.120. The van der Waals surface area contributed by atoms with E-state index in [-0.39, 0.29) is 11.3 Å². The molecule has 3 aromatic carbocycles. The molecule has 1 N–H and O–H groups in total. The summed E-state index contributed by atoms with van der Waals surface area (Å²) in [6.45, 7) is 4.02. The van der Waals surface area contributed by atoms with E-state index in [0.29, 0.717) is 22.7 Å². The number of hydrogen-bond acceptors (Lipinski definition) is 5. The van der Waals surface area contributed by atoms with Crippen LogP contribution in [0.4, 0.5) is 11.4 Å². The van der Waals surface area contributed by atoms with Gasteiger partial charge in [-0.2, -0.15) is 0 Å². The SMILES string of the molecule is COc1ccc(C2=C(Nc3ccc(C)c(C)c3)C(=O)N(c3ccccc3)C2=O)cc1OC. The smallest absolute Gasteiger partial charge is 0.282 e. The van der Waals surface area contributed by atoms with Gasteiger partial charge in [0.15, 0.2) is 11.5 Å². The third kappa shape index (κ3) is 3.71. The predicted octanol–water partition coefficient (Wildman–Crippen LogP) is 4.72. The zero-order valence-corrected chi connectivity index (χ0v) is 18.4. The molecule has 162 valence electrons. The number of nitrogens with zero attached hydrogens (tertiary/aromatic N) is 1. The van der Waals surface area contributed by atoms with Gasteiger partial charge in [-0.1, -0.05) is 30.3 Å². The third-order valence-corrected chi connectivity index (χ3v) is 5.55. The summed E-state index contributed by atoms with van der Waals surface area (Å²) in [6, 6.07) is 19.9. The normalized spacial score (nSPS) is 13.6. The van der Waals surface area contributed by atoms with Gasteiger partial charge in [-0.05, 0) is 66.9 Å². The van der Waals surface area contributed by atoms with Crippen LogP contribution in [0.15, 0.2) is 72.4 Å².